The molecule has 1 aromatic carbocycles. The Morgan fingerprint density at radius 1 is 1.25 bits per heavy atom. The average molecular weight is 239 g/mol. The van der Waals surface area contributed by atoms with Crippen LogP contribution in [-0.4, -0.2) is 20.8 Å². The first-order valence-corrected chi connectivity index (χ1v) is 6.75. The van der Waals surface area contributed by atoms with Gasteiger partial charge in [-0.2, -0.15) is 13.1 Å². The van der Waals surface area contributed by atoms with E-state index in [2.05, 4.69) is 9.71 Å². The molecule has 2 N–H and O–H groups in total. The van der Waals surface area contributed by atoms with Crippen molar-refractivity contribution in [2.75, 3.05) is 6.54 Å². The van der Waals surface area contributed by atoms with E-state index in [0.29, 0.717) is 10.7 Å². The molecule has 86 valence electrons. The average Bonchev–Trinajstić information content (AvgIpc) is 2.70. The van der Waals surface area contributed by atoms with Crippen molar-refractivity contribution in [3.05, 3.63) is 29.8 Å². The Labute approximate surface area is 95.5 Å². The van der Waals surface area contributed by atoms with Gasteiger partial charge < -0.3 is 0 Å². The molecule has 0 aromatic heterocycles. The van der Waals surface area contributed by atoms with Gasteiger partial charge in [0.25, 0.3) is 5.84 Å². The van der Waals surface area contributed by atoms with Crippen molar-refractivity contribution in [1.82, 2.24) is 4.72 Å². The molecule has 0 unspecified atom stereocenters. The minimum atomic E-state index is -3.41. The summed E-state index contributed by atoms with van der Waals surface area (Å²) in [6, 6.07) is 6.82. The number of nitrogens with one attached hydrogen (secondary N) is 2. The Bertz CT molecular complexity index is 503. The Morgan fingerprint density at radius 2 is 1.94 bits per heavy atom. The van der Waals surface area contributed by atoms with E-state index in [1.807, 2.05) is 6.92 Å². The molecule has 1 aromatic rings. The SMILES string of the molecule is Cc1ccc(S(=O)(=O)NC2=[NH+]CCC2)cc1. The lowest BCUT2D eigenvalue weighted by Gasteiger charge is -2.01. The van der Waals surface area contributed by atoms with Crippen LogP contribution < -0.4 is 9.71 Å². The number of benzene rings is 1. The van der Waals surface area contributed by atoms with Crippen LogP contribution in [0.25, 0.3) is 0 Å². The van der Waals surface area contributed by atoms with E-state index >= 15 is 0 Å². The van der Waals surface area contributed by atoms with Crippen LogP contribution in [0.5, 0.6) is 0 Å². The Hall–Kier alpha value is -1.36. The zero-order valence-corrected chi connectivity index (χ0v) is 9.97. The quantitative estimate of drug-likeness (QED) is 0.734. The van der Waals surface area contributed by atoms with E-state index in [-0.39, 0.29) is 0 Å². The van der Waals surface area contributed by atoms with Gasteiger partial charge in [0.15, 0.2) is 0 Å². The van der Waals surface area contributed by atoms with Gasteiger partial charge in [-0.3, -0.25) is 4.99 Å². The van der Waals surface area contributed by atoms with Gasteiger partial charge in [-0.25, -0.2) is 0 Å². The highest BCUT2D eigenvalue weighted by Gasteiger charge is 2.23. The predicted octanol–water partition coefficient (Wildman–Crippen LogP) is -0.454. The molecule has 16 heavy (non-hydrogen) atoms. The molecular weight excluding hydrogens is 224 g/mol. The normalized spacial score (nSPS) is 15.9. The Kier molecular flexibility index (Phi) is 2.96. The fraction of sp³-hybridized carbons (Fsp3) is 0.364. The largest absolute Gasteiger partial charge is 0.328 e. The van der Waals surface area contributed by atoms with Crippen molar-refractivity contribution in [2.45, 2.75) is 24.7 Å². The third kappa shape index (κ3) is 2.41. The highest BCUT2D eigenvalue weighted by atomic mass is 32.2. The van der Waals surface area contributed by atoms with E-state index in [1.54, 1.807) is 24.3 Å². The maximum atomic E-state index is 11.9. The zero-order chi connectivity index (χ0) is 11.6. The van der Waals surface area contributed by atoms with Crippen LogP contribution >= 0.6 is 0 Å². The summed E-state index contributed by atoms with van der Waals surface area (Å²) in [4.78, 5) is 3.33. The zero-order valence-electron chi connectivity index (χ0n) is 9.16. The molecule has 5 heteroatoms. The Balaban J connectivity index is 2.21. The minimum absolute atomic E-state index is 0.305. The van der Waals surface area contributed by atoms with Gasteiger partial charge in [-0.05, 0) is 25.5 Å². The second kappa shape index (κ2) is 4.25. The summed E-state index contributed by atoms with van der Waals surface area (Å²) < 4.78 is 26.4. The third-order valence-electron chi connectivity index (χ3n) is 2.53. The molecule has 0 bridgehead atoms. The molecule has 0 radical (unpaired) electrons. The maximum Gasteiger partial charge on any atom is 0.328 e. The summed E-state index contributed by atoms with van der Waals surface area (Å²) in [6.07, 6.45) is 1.75. The van der Waals surface area contributed by atoms with Crippen molar-refractivity contribution in [3.63, 3.8) is 0 Å². The molecule has 0 saturated heterocycles. The van der Waals surface area contributed by atoms with Crippen LogP contribution in [0.1, 0.15) is 18.4 Å². The number of amidine groups is 1. The summed E-state index contributed by atoms with van der Waals surface area (Å²) in [5, 5.41) is 0. The predicted molar refractivity (Wildman–Crippen MR) is 61.6 cm³/mol. The van der Waals surface area contributed by atoms with E-state index < -0.39 is 10.0 Å². The molecule has 0 amide bonds. The molecule has 0 fully saturated rings. The number of hydrogen-bond donors (Lipinski definition) is 2. The molecular formula is C11H15N2O2S+. The topological polar surface area (TPSA) is 60.1 Å². The van der Waals surface area contributed by atoms with Crippen LogP contribution in [0.4, 0.5) is 0 Å². The first-order valence-electron chi connectivity index (χ1n) is 5.27. The molecule has 0 atom stereocenters. The van der Waals surface area contributed by atoms with Crippen LogP contribution in [0.15, 0.2) is 29.2 Å². The smallest absolute Gasteiger partial charge is 0.278 e. The van der Waals surface area contributed by atoms with Gasteiger partial charge in [0.2, 0.25) is 0 Å². The van der Waals surface area contributed by atoms with E-state index in [9.17, 15) is 8.42 Å². The van der Waals surface area contributed by atoms with Gasteiger partial charge >= 0.3 is 10.0 Å². The number of rotatable bonds is 2. The maximum absolute atomic E-state index is 11.9. The fourth-order valence-corrected chi connectivity index (χ4v) is 2.73. The molecule has 0 saturated carbocycles. The van der Waals surface area contributed by atoms with Crippen molar-refractivity contribution in [1.29, 1.82) is 0 Å². The standard InChI is InChI=1S/C11H14N2O2S/c1-9-4-6-10(7-5-9)16(14,15)13-11-3-2-8-12-11/h4-7H,2-3,8H2,1H3,(H,12,13)/p+1. The number of sulfonamides is 1. The van der Waals surface area contributed by atoms with Gasteiger partial charge in [0.05, 0.1) is 13.0 Å². The molecule has 4 nitrogen and oxygen atoms in total. The van der Waals surface area contributed by atoms with E-state index in [0.717, 1.165) is 24.9 Å². The summed E-state index contributed by atoms with van der Waals surface area (Å²) >= 11 is 0. The van der Waals surface area contributed by atoms with Crippen LogP contribution in [0.2, 0.25) is 0 Å². The summed E-state index contributed by atoms with van der Waals surface area (Å²) in [6.45, 7) is 2.77. The lowest BCUT2D eigenvalue weighted by molar-refractivity contribution is -0.448. The Morgan fingerprint density at radius 3 is 2.50 bits per heavy atom. The van der Waals surface area contributed by atoms with Gasteiger partial charge in [-0.15, -0.1) is 0 Å². The van der Waals surface area contributed by atoms with Crippen molar-refractivity contribution < 1.29 is 13.4 Å². The van der Waals surface area contributed by atoms with Gasteiger partial charge in [0, 0.05) is 0 Å². The molecule has 1 heterocycles. The van der Waals surface area contributed by atoms with Crippen molar-refractivity contribution >= 4 is 15.9 Å². The lowest BCUT2D eigenvalue weighted by Crippen LogP contribution is -2.72. The second-order valence-electron chi connectivity index (χ2n) is 3.93. The van der Waals surface area contributed by atoms with Gasteiger partial charge in [0.1, 0.15) is 4.90 Å². The minimum Gasteiger partial charge on any atom is -0.278 e. The summed E-state index contributed by atoms with van der Waals surface area (Å²) in [5.41, 5.74) is 1.05. The highest BCUT2D eigenvalue weighted by Crippen LogP contribution is 2.09. The summed E-state index contributed by atoms with van der Waals surface area (Å²) in [5.74, 6) is 0.695. The van der Waals surface area contributed by atoms with Gasteiger partial charge in [-0.1, -0.05) is 17.7 Å². The van der Waals surface area contributed by atoms with Crippen molar-refractivity contribution in [2.24, 2.45) is 0 Å². The van der Waals surface area contributed by atoms with Crippen LogP contribution in [0.3, 0.4) is 0 Å². The first kappa shape index (κ1) is 11.1. The van der Waals surface area contributed by atoms with E-state index in [1.165, 1.54) is 0 Å². The van der Waals surface area contributed by atoms with Crippen LogP contribution in [-0.2, 0) is 10.0 Å². The summed E-state index contributed by atoms with van der Waals surface area (Å²) in [7, 11) is -3.41. The molecule has 0 spiro atoms. The van der Waals surface area contributed by atoms with E-state index in [4.69, 9.17) is 0 Å². The highest BCUT2D eigenvalue weighted by molar-refractivity contribution is 7.90. The number of hydrogen-bond acceptors (Lipinski definition) is 2. The molecule has 2 rings (SSSR count). The molecule has 1 aliphatic heterocycles. The fourth-order valence-electron chi connectivity index (χ4n) is 1.62. The monoisotopic (exact) mass is 239 g/mol. The second-order valence-corrected chi connectivity index (χ2v) is 5.61. The third-order valence-corrected chi connectivity index (χ3v) is 3.94. The molecule has 1 aliphatic rings. The van der Waals surface area contributed by atoms with Crippen molar-refractivity contribution in [3.8, 4) is 0 Å². The molecule has 0 aliphatic carbocycles. The lowest BCUT2D eigenvalue weighted by atomic mass is 10.2. The first-order chi connectivity index (χ1) is 7.58. The number of aryl methyl sites for hydroxylation is 1. The van der Waals surface area contributed by atoms with Crippen LogP contribution in [0, 0.1) is 6.92 Å².